The summed E-state index contributed by atoms with van der Waals surface area (Å²) >= 11 is 0. The molecule has 3 aromatic heterocycles. The van der Waals surface area contributed by atoms with Gasteiger partial charge in [-0.3, -0.25) is 4.98 Å². The molecular formula is C31H31N2O+. The maximum atomic E-state index is 8.89. The van der Waals surface area contributed by atoms with Crippen LogP contribution < -0.4 is 4.57 Å². The van der Waals surface area contributed by atoms with Crippen LogP contribution in [-0.2, 0) is 12.5 Å². The molecule has 0 aliphatic heterocycles. The Balaban J connectivity index is 1.73. The molecule has 0 saturated carbocycles. The van der Waals surface area contributed by atoms with Crippen molar-refractivity contribution in [2.45, 2.75) is 52.5 Å². The van der Waals surface area contributed by atoms with Crippen LogP contribution in [0.2, 0.25) is 0 Å². The van der Waals surface area contributed by atoms with E-state index in [1.165, 1.54) is 23.9 Å². The third-order valence-corrected chi connectivity index (χ3v) is 6.64. The lowest BCUT2D eigenvalue weighted by atomic mass is 9.85. The van der Waals surface area contributed by atoms with Crippen LogP contribution in [0.15, 0.2) is 59.3 Å². The quantitative estimate of drug-likeness (QED) is 0.253. The van der Waals surface area contributed by atoms with E-state index in [2.05, 4.69) is 4.98 Å². The first-order valence-corrected chi connectivity index (χ1v) is 10.7. The Morgan fingerprint density at radius 3 is 2.74 bits per heavy atom. The van der Waals surface area contributed by atoms with E-state index >= 15 is 0 Å². The predicted octanol–water partition coefficient (Wildman–Crippen LogP) is 7.52. The molecule has 6 rings (SSSR count). The molecule has 3 heteroatoms. The highest BCUT2D eigenvalue weighted by Gasteiger charge is 2.37. The van der Waals surface area contributed by atoms with Crippen molar-refractivity contribution in [2.24, 2.45) is 7.05 Å². The molecular weight excluding hydrogens is 416 g/mol. The molecule has 5 aromatic rings. The van der Waals surface area contributed by atoms with E-state index in [1.54, 1.807) is 37.3 Å². The van der Waals surface area contributed by atoms with Gasteiger partial charge in [0.05, 0.1) is 11.3 Å². The lowest BCUT2D eigenvalue weighted by Gasteiger charge is -2.19. The average Bonchev–Trinajstić information content (AvgIpc) is 3.46. The number of rotatable bonds is 2. The summed E-state index contributed by atoms with van der Waals surface area (Å²) in [6, 6.07) is 10.8. The van der Waals surface area contributed by atoms with Crippen LogP contribution in [-0.4, -0.2) is 4.98 Å². The van der Waals surface area contributed by atoms with E-state index < -0.39 is 56.7 Å². The van der Waals surface area contributed by atoms with E-state index in [-0.39, 0.29) is 28.1 Å². The number of benzene rings is 2. The molecule has 34 heavy (non-hydrogen) atoms. The number of furan rings is 1. The SMILES string of the molecule is [2H]C([2H])([2H])c1c[n+](C)c(-c2c(C)ccc3c2oc2cc4c(cc23)-c2cccnc2C4(C([2H])([2H])[2H])C([2H])([2H])[2H])cc1C([2H])(C([2H])([2H])[2H])C([2H])([2H])[2H]. The molecule has 1 aliphatic rings. The zero-order chi connectivity index (χ0) is 37.4. The summed E-state index contributed by atoms with van der Waals surface area (Å²) < 4.78 is 140. The molecule has 170 valence electrons. The highest BCUT2D eigenvalue weighted by Crippen LogP contribution is 2.50. The number of aryl methyl sites for hydroxylation is 3. The Kier molecular flexibility index (Phi) is 2.07. The van der Waals surface area contributed by atoms with Crippen LogP contribution in [0.3, 0.4) is 0 Å². The van der Waals surface area contributed by atoms with Crippen molar-refractivity contribution in [3.63, 3.8) is 0 Å². The van der Waals surface area contributed by atoms with Gasteiger partial charge in [0.2, 0.25) is 5.69 Å². The highest BCUT2D eigenvalue weighted by molar-refractivity contribution is 6.11. The van der Waals surface area contributed by atoms with E-state index in [0.29, 0.717) is 33.0 Å². The van der Waals surface area contributed by atoms with Crippen molar-refractivity contribution < 1.29 is 30.9 Å². The molecule has 2 aromatic carbocycles. The minimum Gasteiger partial charge on any atom is -0.455 e. The first-order chi connectivity index (χ1) is 22.7. The lowest BCUT2D eigenvalue weighted by Crippen LogP contribution is -2.32. The van der Waals surface area contributed by atoms with Crippen LogP contribution in [0.25, 0.3) is 44.3 Å². The molecule has 0 N–H and O–H groups in total. The van der Waals surface area contributed by atoms with E-state index in [9.17, 15) is 0 Å². The van der Waals surface area contributed by atoms with Crippen LogP contribution in [0, 0.1) is 13.8 Å². The lowest BCUT2D eigenvalue weighted by molar-refractivity contribution is -0.660. The summed E-state index contributed by atoms with van der Waals surface area (Å²) in [6.45, 7) is -14.3. The van der Waals surface area contributed by atoms with Crippen molar-refractivity contribution >= 4 is 21.9 Å². The Morgan fingerprint density at radius 2 is 1.94 bits per heavy atom. The molecule has 0 bridgehead atoms. The summed E-state index contributed by atoms with van der Waals surface area (Å²) in [5.41, 5.74) is -1.89. The topological polar surface area (TPSA) is 29.9 Å². The molecule has 1 aliphatic carbocycles. The molecule has 0 saturated heterocycles. The fourth-order valence-electron chi connectivity index (χ4n) is 4.99. The second kappa shape index (κ2) is 7.02. The Bertz CT molecular complexity index is 2170. The minimum absolute atomic E-state index is 0.0137. The molecule has 0 radical (unpaired) electrons. The maximum absolute atomic E-state index is 8.89. The van der Waals surface area contributed by atoms with Gasteiger partial charge in [0.1, 0.15) is 18.2 Å². The average molecular weight is 464 g/mol. The highest BCUT2D eigenvalue weighted by atomic mass is 16.3. The normalized spacial score (nSPS) is 23.4. The summed E-state index contributed by atoms with van der Waals surface area (Å²) in [7, 11) is 1.49. The molecule has 3 heterocycles. The van der Waals surface area contributed by atoms with Gasteiger partial charge in [-0.1, -0.05) is 45.6 Å². The monoisotopic (exact) mass is 463 g/mol. The van der Waals surface area contributed by atoms with Crippen LogP contribution in [0.4, 0.5) is 0 Å². The third kappa shape index (κ3) is 2.76. The van der Waals surface area contributed by atoms with Gasteiger partial charge in [0.25, 0.3) is 0 Å². The summed E-state index contributed by atoms with van der Waals surface area (Å²) in [5.74, 6) is -3.33. The van der Waals surface area contributed by atoms with Gasteiger partial charge in [-0.05, 0) is 60.1 Å². The zero-order valence-electron chi connectivity index (χ0n) is 34.5. The molecule has 0 amide bonds. The summed E-state index contributed by atoms with van der Waals surface area (Å²) in [5, 5.41) is 0.989. The van der Waals surface area contributed by atoms with Crippen LogP contribution in [0.5, 0.6) is 0 Å². The van der Waals surface area contributed by atoms with Gasteiger partial charge < -0.3 is 4.42 Å². The number of hydrogen-bond acceptors (Lipinski definition) is 2. The van der Waals surface area contributed by atoms with Gasteiger partial charge >= 0.3 is 0 Å². The predicted molar refractivity (Wildman–Crippen MR) is 139 cm³/mol. The smallest absolute Gasteiger partial charge is 0.216 e. The largest absolute Gasteiger partial charge is 0.455 e. The van der Waals surface area contributed by atoms with Gasteiger partial charge in [0.15, 0.2) is 6.20 Å². The number of nitrogens with zero attached hydrogens (tertiary/aromatic N) is 2. The number of aromatic nitrogens is 2. The number of pyridine rings is 2. The molecule has 0 atom stereocenters. The second-order valence-electron chi connectivity index (χ2n) is 8.75. The number of hydrogen-bond donors (Lipinski definition) is 0. The Morgan fingerprint density at radius 1 is 1.06 bits per heavy atom. The van der Waals surface area contributed by atoms with Gasteiger partial charge in [-0.2, -0.15) is 0 Å². The molecule has 0 unspecified atom stereocenters. The molecule has 3 nitrogen and oxygen atoms in total. The van der Waals surface area contributed by atoms with E-state index in [0.717, 1.165) is 12.3 Å². The van der Waals surface area contributed by atoms with Gasteiger partial charge in [-0.15, -0.1) is 0 Å². The van der Waals surface area contributed by atoms with Crippen molar-refractivity contribution in [3.8, 4) is 22.4 Å². The first kappa shape index (κ1) is 10.0. The Hall–Kier alpha value is -3.46. The van der Waals surface area contributed by atoms with Gasteiger partial charge in [0, 0.05) is 61.5 Å². The summed E-state index contributed by atoms with van der Waals surface area (Å²) in [6.07, 6.45) is 2.44. The third-order valence-electron chi connectivity index (χ3n) is 6.64. The van der Waals surface area contributed by atoms with Crippen molar-refractivity contribution in [1.82, 2.24) is 4.98 Å². The zero-order valence-corrected chi connectivity index (χ0v) is 18.5. The first-order valence-electron chi connectivity index (χ1n) is 18.7. The molecule has 0 fully saturated rings. The second-order valence-corrected chi connectivity index (χ2v) is 8.75. The van der Waals surface area contributed by atoms with Crippen LogP contribution in [0.1, 0.15) is 83.2 Å². The summed E-state index contributed by atoms with van der Waals surface area (Å²) in [4.78, 5) is 4.27. The minimum atomic E-state index is -3.47. The van der Waals surface area contributed by atoms with E-state index in [4.69, 9.17) is 26.3 Å². The maximum Gasteiger partial charge on any atom is 0.216 e. The number of fused-ring (bicyclic) bond motifs is 6. The fraction of sp³-hybridized carbons (Fsp3) is 0.290. The Labute approximate surface area is 223 Å². The van der Waals surface area contributed by atoms with Gasteiger partial charge in [-0.25, -0.2) is 4.57 Å². The van der Waals surface area contributed by atoms with Crippen molar-refractivity contribution in [2.75, 3.05) is 0 Å². The standard InChI is InChI=1S/C31H31N2O/c1-17(2)22-14-26(33(7)16-19(22)4)28-18(3)10-11-20-24-13-23-21-9-8-12-32-30(21)31(5,6)25(23)15-27(24)34-29(20)28/h8-17H,1-7H3/q+1/i1D3,2D3,4D3,5D3,6D3,17D. The van der Waals surface area contributed by atoms with Crippen molar-refractivity contribution in [3.05, 3.63) is 82.8 Å². The van der Waals surface area contributed by atoms with Crippen LogP contribution >= 0.6 is 0 Å². The van der Waals surface area contributed by atoms with Crippen molar-refractivity contribution in [1.29, 1.82) is 0 Å². The van der Waals surface area contributed by atoms with E-state index in [1.807, 2.05) is 0 Å². The molecule has 0 spiro atoms. The fourth-order valence-corrected chi connectivity index (χ4v) is 4.99.